The normalized spacial score (nSPS) is 32.8. The maximum absolute atomic E-state index is 13.6. The molecule has 0 aromatic rings. The van der Waals surface area contributed by atoms with Crippen molar-refractivity contribution < 1.29 is 14.3 Å². The summed E-state index contributed by atoms with van der Waals surface area (Å²) in [5.74, 6) is -1.32. The maximum atomic E-state index is 13.6. The molecule has 1 saturated heterocycles. The molecule has 0 radical (unpaired) electrons. The molecular weight excluding hydrogens is 161 g/mol. The van der Waals surface area contributed by atoms with E-state index in [1.54, 1.807) is 11.9 Å². The van der Waals surface area contributed by atoms with Gasteiger partial charge in [-0.25, -0.2) is 9.18 Å². The van der Waals surface area contributed by atoms with Crippen LogP contribution >= 0.6 is 0 Å². The van der Waals surface area contributed by atoms with Gasteiger partial charge in [-0.05, 0) is 32.9 Å². The van der Waals surface area contributed by atoms with Crippen LogP contribution in [0.3, 0.4) is 0 Å². The molecule has 3 nitrogen and oxygen atoms in total. The summed E-state index contributed by atoms with van der Waals surface area (Å²) in [6, 6.07) is 0. The van der Waals surface area contributed by atoms with Gasteiger partial charge in [-0.15, -0.1) is 0 Å². The van der Waals surface area contributed by atoms with Crippen molar-refractivity contribution in [3.05, 3.63) is 0 Å². The smallest absolute Gasteiger partial charge is 0.342 e. The number of hydrogen-bond donors (Lipinski definition) is 1. The number of carboxylic acid groups (broad SMARTS) is 1. The summed E-state index contributed by atoms with van der Waals surface area (Å²) in [7, 11) is 1.75. The first-order chi connectivity index (χ1) is 5.54. The lowest BCUT2D eigenvalue weighted by Crippen LogP contribution is -2.42. The molecule has 1 N–H and O–H groups in total. The zero-order chi connectivity index (χ0) is 9.19. The third kappa shape index (κ3) is 1.94. The fourth-order valence-corrected chi connectivity index (χ4v) is 1.55. The van der Waals surface area contributed by atoms with Gasteiger partial charge in [-0.1, -0.05) is 0 Å². The van der Waals surface area contributed by atoms with Crippen LogP contribution < -0.4 is 0 Å². The van der Waals surface area contributed by atoms with Gasteiger partial charge in [0, 0.05) is 6.54 Å². The third-order valence-corrected chi connectivity index (χ3v) is 2.27. The minimum absolute atomic E-state index is 0.0162. The predicted molar refractivity (Wildman–Crippen MR) is 42.8 cm³/mol. The molecule has 0 aromatic heterocycles. The van der Waals surface area contributed by atoms with Crippen LogP contribution in [-0.2, 0) is 4.79 Å². The lowest BCUT2D eigenvalue weighted by molar-refractivity contribution is -0.152. The van der Waals surface area contributed by atoms with Gasteiger partial charge in [-0.2, -0.15) is 0 Å². The molecule has 1 rings (SSSR count). The van der Waals surface area contributed by atoms with Gasteiger partial charge in [0.25, 0.3) is 0 Å². The molecule has 0 aliphatic carbocycles. The first-order valence-corrected chi connectivity index (χ1v) is 4.15. The molecule has 70 valence electrons. The van der Waals surface area contributed by atoms with Crippen molar-refractivity contribution in [3.8, 4) is 0 Å². The van der Waals surface area contributed by atoms with Crippen LogP contribution in [0, 0.1) is 0 Å². The van der Waals surface area contributed by atoms with Gasteiger partial charge >= 0.3 is 5.97 Å². The van der Waals surface area contributed by atoms with E-state index in [4.69, 9.17) is 5.11 Å². The fraction of sp³-hybridized carbons (Fsp3) is 0.875. The molecule has 0 bridgehead atoms. The number of rotatable bonds is 1. The molecule has 0 aromatic carbocycles. The number of carbonyl (C=O) groups is 1. The second-order valence-electron chi connectivity index (χ2n) is 3.47. The number of hydrogen-bond acceptors (Lipinski definition) is 2. The molecule has 1 aliphatic heterocycles. The summed E-state index contributed by atoms with van der Waals surface area (Å²) < 4.78 is 13.6. The Labute approximate surface area is 71.2 Å². The zero-order valence-corrected chi connectivity index (χ0v) is 7.22. The molecule has 0 spiro atoms. The topological polar surface area (TPSA) is 40.5 Å². The highest BCUT2D eigenvalue weighted by Gasteiger charge is 2.40. The minimum Gasteiger partial charge on any atom is -0.479 e. The fourth-order valence-electron chi connectivity index (χ4n) is 1.55. The average molecular weight is 175 g/mol. The van der Waals surface area contributed by atoms with Crippen LogP contribution in [0.1, 0.15) is 19.3 Å². The monoisotopic (exact) mass is 175 g/mol. The van der Waals surface area contributed by atoms with Gasteiger partial charge < -0.3 is 10.0 Å². The van der Waals surface area contributed by atoms with Gasteiger partial charge in [0.1, 0.15) is 0 Å². The SMILES string of the molecule is CN1CCCCC(F)(C(=O)O)C1. The second-order valence-corrected chi connectivity index (χ2v) is 3.47. The van der Waals surface area contributed by atoms with E-state index in [1.165, 1.54) is 0 Å². The van der Waals surface area contributed by atoms with Gasteiger partial charge in [-0.3, -0.25) is 0 Å². The van der Waals surface area contributed by atoms with E-state index in [0.29, 0.717) is 6.42 Å². The van der Waals surface area contributed by atoms with E-state index in [2.05, 4.69) is 0 Å². The first kappa shape index (κ1) is 9.45. The standard InChI is InChI=1S/C8H14FNO2/c1-10-5-3-2-4-8(9,6-10)7(11)12/h2-6H2,1H3,(H,11,12). The number of nitrogens with zero attached hydrogens (tertiary/aromatic N) is 1. The van der Waals surface area contributed by atoms with Gasteiger partial charge in [0.2, 0.25) is 5.67 Å². The molecule has 4 heteroatoms. The Balaban J connectivity index is 2.67. The number of likely N-dealkylation sites (tertiary alicyclic amines) is 1. The van der Waals surface area contributed by atoms with Gasteiger partial charge in [0.15, 0.2) is 0 Å². The van der Waals surface area contributed by atoms with E-state index in [1.807, 2.05) is 0 Å². The molecule has 1 heterocycles. The average Bonchev–Trinajstić information content (AvgIpc) is 2.12. The summed E-state index contributed by atoms with van der Waals surface area (Å²) in [5.41, 5.74) is -2.02. The van der Waals surface area contributed by atoms with Crippen LogP contribution in [0.2, 0.25) is 0 Å². The molecule has 0 saturated carbocycles. The Morgan fingerprint density at radius 3 is 2.83 bits per heavy atom. The maximum Gasteiger partial charge on any atom is 0.342 e. The lowest BCUT2D eigenvalue weighted by Gasteiger charge is -2.22. The predicted octanol–water partition coefficient (Wildman–Crippen LogP) is 0.895. The number of alkyl halides is 1. The molecule has 1 aliphatic rings. The van der Waals surface area contributed by atoms with Crippen molar-refractivity contribution in [3.63, 3.8) is 0 Å². The number of carboxylic acids is 1. The summed E-state index contributed by atoms with van der Waals surface area (Å²) in [5, 5.41) is 8.64. The quantitative estimate of drug-likeness (QED) is 0.643. The van der Waals surface area contributed by atoms with Crippen LogP contribution in [0.15, 0.2) is 0 Å². The minimum atomic E-state index is -2.02. The van der Waals surface area contributed by atoms with Gasteiger partial charge in [0.05, 0.1) is 0 Å². The van der Waals surface area contributed by atoms with Crippen LogP contribution in [0.5, 0.6) is 0 Å². The Morgan fingerprint density at radius 2 is 2.25 bits per heavy atom. The Hall–Kier alpha value is -0.640. The summed E-state index contributed by atoms with van der Waals surface area (Å²) >= 11 is 0. The molecular formula is C8H14FNO2. The lowest BCUT2D eigenvalue weighted by atomic mass is 10.0. The van der Waals surface area contributed by atoms with E-state index in [0.717, 1.165) is 13.0 Å². The van der Waals surface area contributed by atoms with Crippen LogP contribution in [0.4, 0.5) is 4.39 Å². The van der Waals surface area contributed by atoms with Crippen molar-refractivity contribution in [2.75, 3.05) is 20.1 Å². The molecule has 1 unspecified atom stereocenters. The van der Waals surface area contributed by atoms with Crippen LogP contribution in [0.25, 0.3) is 0 Å². The molecule has 12 heavy (non-hydrogen) atoms. The summed E-state index contributed by atoms with van der Waals surface area (Å²) in [4.78, 5) is 12.3. The van der Waals surface area contributed by atoms with E-state index >= 15 is 0 Å². The first-order valence-electron chi connectivity index (χ1n) is 4.15. The highest BCUT2D eigenvalue weighted by atomic mass is 19.1. The van der Waals surface area contributed by atoms with Crippen molar-refractivity contribution in [2.45, 2.75) is 24.9 Å². The molecule has 1 fully saturated rings. The summed E-state index contributed by atoms with van der Waals surface area (Å²) in [6.45, 7) is 0.807. The van der Waals surface area contributed by atoms with Crippen molar-refractivity contribution in [1.82, 2.24) is 4.90 Å². The molecule has 1 atom stereocenters. The Kier molecular flexibility index (Phi) is 2.67. The van der Waals surface area contributed by atoms with Crippen molar-refractivity contribution in [2.24, 2.45) is 0 Å². The largest absolute Gasteiger partial charge is 0.479 e. The molecule has 0 amide bonds. The highest BCUT2D eigenvalue weighted by Crippen LogP contribution is 2.24. The number of halogens is 1. The van der Waals surface area contributed by atoms with E-state index < -0.39 is 11.6 Å². The van der Waals surface area contributed by atoms with E-state index in [-0.39, 0.29) is 13.0 Å². The Morgan fingerprint density at radius 1 is 1.58 bits per heavy atom. The Bertz CT molecular complexity index is 186. The zero-order valence-electron chi connectivity index (χ0n) is 7.22. The second kappa shape index (κ2) is 3.39. The van der Waals surface area contributed by atoms with E-state index in [9.17, 15) is 9.18 Å². The highest BCUT2D eigenvalue weighted by molar-refractivity contribution is 5.77. The van der Waals surface area contributed by atoms with Crippen LogP contribution in [-0.4, -0.2) is 41.8 Å². The van der Waals surface area contributed by atoms with Crippen molar-refractivity contribution >= 4 is 5.97 Å². The number of aliphatic carboxylic acids is 1. The summed E-state index contributed by atoms with van der Waals surface area (Å²) in [6.07, 6.45) is 1.69. The van der Waals surface area contributed by atoms with Crippen molar-refractivity contribution in [1.29, 1.82) is 0 Å². The third-order valence-electron chi connectivity index (χ3n) is 2.27.